The van der Waals surface area contributed by atoms with Gasteiger partial charge in [-0.3, -0.25) is 14.6 Å². The summed E-state index contributed by atoms with van der Waals surface area (Å²) >= 11 is 0. The molecule has 28 heavy (non-hydrogen) atoms. The third kappa shape index (κ3) is 4.44. The van der Waals surface area contributed by atoms with Crippen LogP contribution >= 0.6 is 0 Å². The summed E-state index contributed by atoms with van der Waals surface area (Å²) in [4.78, 5) is 30.8. The molecule has 2 aliphatic carbocycles. The van der Waals surface area contributed by atoms with Gasteiger partial charge in [0.1, 0.15) is 0 Å². The van der Waals surface area contributed by atoms with Crippen molar-refractivity contribution in [1.29, 1.82) is 0 Å². The standard InChI is InChI=1S/C21H28N2O2.CH5NO/c1-14-5-15-7-16(6-14)10-21(2,9-15)20(25)23-4-3-19-18(12-23)8-17(13-24)11-22-19;1-2-3/h8,11,13-16H,3-7,9-10,12H2,1-2H3;2-3H,1H3. The number of pyridine rings is 1. The maximum absolute atomic E-state index is 13.4. The molecule has 0 aromatic carbocycles. The van der Waals surface area contributed by atoms with Crippen molar-refractivity contribution < 1.29 is 14.8 Å². The number of carbonyl (C=O) groups is 2. The van der Waals surface area contributed by atoms with E-state index in [9.17, 15) is 9.59 Å². The second-order valence-corrected chi connectivity index (χ2v) is 9.21. The summed E-state index contributed by atoms with van der Waals surface area (Å²) in [7, 11) is 1.43. The Bertz CT molecular complexity index is 703. The highest BCUT2D eigenvalue weighted by atomic mass is 16.5. The van der Waals surface area contributed by atoms with Crippen molar-refractivity contribution in [2.24, 2.45) is 23.2 Å². The number of amides is 1. The molecule has 0 spiro atoms. The number of rotatable bonds is 2. The van der Waals surface area contributed by atoms with E-state index in [0.717, 1.165) is 61.1 Å². The lowest BCUT2D eigenvalue weighted by Crippen LogP contribution is -2.49. The van der Waals surface area contributed by atoms with Crippen LogP contribution in [0.1, 0.15) is 67.6 Å². The van der Waals surface area contributed by atoms with Gasteiger partial charge in [-0.25, -0.2) is 5.48 Å². The van der Waals surface area contributed by atoms with Crippen LogP contribution in [-0.2, 0) is 17.8 Å². The van der Waals surface area contributed by atoms with Crippen LogP contribution in [0, 0.1) is 23.2 Å². The fourth-order valence-electron chi connectivity index (χ4n) is 5.83. The van der Waals surface area contributed by atoms with Crippen LogP contribution in [-0.4, -0.2) is 40.9 Å². The van der Waals surface area contributed by atoms with E-state index in [-0.39, 0.29) is 5.41 Å². The first kappa shape index (κ1) is 20.9. The Morgan fingerprint density at radius 2 is 1.96 bits per heavy atom. The molecule has 4 rings (SSSR count). The smallest absolute Gasteiger partial charge is 0.228 e. The lowest BCUT2D eigenvalue weighted by molar-refractivity contribution is -0.147. The lowest BCUT2D eigenvalue weighted by atomic mass is 9.59. The van der Waals surface area contributed by atoms with Crippen molar-refractivity contribution in [3.05, 3.63) is 29.1 Å². The first-order valence-corrected chi connectivity index (χ1v) is 10.4. The summed E-state index contributed by atoms with van der Waals surface area (Å²) in [5, 5.41) is 7.32. The summed E-state index contributed by atoms with van der Waals surface area (Å²) in [5.41, 5.74) is 4.22. The van der Waals surface area contributed by atoms with Gasteiger partial charge in [-0.15, -0.1) is 0 Å². The molecular formula is C22H33N3O3. The first-order valence-electron chi connectivity index (χ1n) is 10.4. The van der Waals surface area contributed by atoms with Gasteiger partial charge in [0.2, 0.25) is 5.91 Å². The minimum atomic E-state index is -0.207. The van der Waals surface area contributed by atoms with Gasteiger partial charge in [-0.1, -0.05) is 13.8 Å². The normalized spacial score (nSPS) is 31.3. The van der Waals surface area contributed by atoms with E-state index in [0.29, 0.717) is 18.0 Å². The van der Waals surface area contributed by atoms with Crippen molar-refractivity contribution in [3.63, 3.8) is 0 Å². The molecule has 1 aliphatic heterocycles. The summed E-state index contributed by atoms with van der Waals surface area (Å²) in [6.45, 7) is 5.91. The van der Waals surface area contributed by atoms with Gasteiger partial charge in [0.25, 0.3) is 0 Å². The molecule has 1 aromatic rings. The highest BCUT2D eigenvalue weighted by molar-refractivity contribution is 5.83. The number of nitrogens with zero attached hydrogens (tertiary/aromatic N) is 2. The van der Waals surface area contributed by atoms with E-state index in [2.05, 4.69) is 18.8 Å². The van der Waals surface area contributed by atoms with Gasteiger partial charge < -0.3 is 10.1 Å². The van der Waals surface area contributed by atoms with Gasteiger partial charge in [-0.2, -0.15) is 0 Å². The number of aldehydes is 1. The molecule has 3 aliphatic rings. The van der Waals surface area contributed by atoms with E-state index in [4.69, 9.17) is 5.21 Å². The second-order valence-electron chi connectivity index (χ2n) is 9.21. The minimum Gasteiger partial charge on any atom is -0.337 e. The third-order valence-electron chi connectivity index (χ3n) is 6.62. The first-order chi connectivity index (χ1) is 13.4. The number of nitrogens with one attached hydrogen (secondary N) is 1. The zero-order chi connectivity index (χ0) is 20.3. The molecular weight excluding hydrogens is 354 g/mol. The highest BCUT2D eigenvalue weighted by Crippen LogP contribution is 2.51. The Kier molecular flexibility index (Phi) is 6.50. The van der Waals surface area contributed by atoms with Crippen LogP contribution < -0.4 is 5.48 Å². The number of aromatic nitrogens is 1. The van der Waals surface area contributed by atoms with Crippen LogP contribution in [0.5, 0.6) is 0 Å². The average molecular weight is 388 g/mol. The number of hydrogen-bond donors (Lipinski definition) is 2. The van der Waals surface area contributed by atoms with Crippen molar-refractivity contribution >= 4 is 12.2 Å². The van der Waals surface area contributed by atoms with Crippen molar-refractivity contribution in [3.8, 4) is 0 Å². The Balaban J connectivity index is 0.000000706. The molecule has 2 heterocycles. The maximum Gasteiger partial charge on any atom is 0.228 e. The highest BCUT2D eigenvalue weighted by Gasteiger charge is 2.46. The molecule has 0 saturated heterocycles. The van der Waals surface area contributed by atoms with Crippen LogP contribution in [0.15, 0.2) is 12.3 Å². The van der Waals surface area contributed by atoms with Gasteiger partial charge in [0.15, 0.2) is 6.29 Å². The Morgan fingerprint density at radius 3 is 2.57 bits per heavy atom. The molecule has 2 N–H and O–H groups in total. The largest absolute Gasteiger partial charge is 0.337 e. The molecule has 2 unspecified atom stereocenters. The van der Waals surface area contributed by atoms with Gasteiger partial charge in [-0.05, 0) is 61.5 Å². The molecule has 2 bridgehead atoms. The van der Waals surface area contributed by atoms with E-state index in [1.165, 1.54) is 26.3 Å². The van der Waals surface area contributed by atoms with Crippen LogP contribution in [0.4, 0.5) is 0 Å². The molecule has 2 saturated carbocycles. The van der Waals surface area contributed by atoms with Crippen LogP contribution in [0.3, 0.4) is 0 Å². The molecule has 6 heteroatoms. The van der Waals surface area contributed by atoms with Crippen molar-refractivity contribution in [1.82, 2.24) is 15.4 Å². The average Bonchev–Trinajstić information content (AvgIpc) is 2.66. The number of hydrogen-bond acceptors (Lipinski definition) is 5. The Morgan fingerprint density at radius 1 is 1.32 bits per heavy atom. The zero-order valence-electron chi connectivity index (χ0n) is 17.3. The molecule has 6 nitrogen and oxygen atoms in total. The Hall–Kier alpha value is -1.79. The summed E-state index contributed by atoms with van der Waals surface area (Å²) in [5.74, 6) is 2.57. The van der Waals surface area contributed by atoms with Gasteiger partial charge >= 0.3 is 0 Å². The monoisotopic (exact) mass is 387 g/mol. The fourth-order valence-corrected chi connectivity index (χ4v) is 5.83. The SMILES string of the molecule is CC1CC2CC(C1)CC(C)(C(=O)N1CCc3ncc(C=O)cc3C1)C2.CNO. The number of carbonyl (C=O) groups excluding carboxylic acids is 2. The van der Waals surface area contributed by atoms with Gasteiger partial charge in [0.05, 0.1) is 0 Å². The minimum absolute atomic E-state index is 0.207. The molecule has 2 atom stereocenters. The summed E-state index contributed by atoms with van der Waals surface area (Å²) < 4.78 is 0. The van der Waals surface area contributed by atoms with E-state index in [1.54, 1.807) is 11.7 Å². The quantitative estimate of drug-likeness (QED) is 0.601. The van der Waals surface area contributed by atoms with Crippen molar-refractivity contribution in [2.75, 3.05) is 13.6 Å². The van der Waals surface area contributed by atoms with E-state index in [1.807, 2.05) is 11.0 Å². The second kappa shape index (κ2) is 8.70. The molecule has 154 valence electrons. The molecule has 1 amide bonds. The fraction of sp³-hybridized carbons (Fsp3) is 0.682. The Labute approximate surface area is 167 Å². The van der Waals surface area contributed by atoms with E-state index >= 15 is 0 Å². The van der Waals surface area contributed by atoms with Crippen molar-refractivity contribution in [2.45, 2.75) is 58.9 Å². The van der Waals surface area contributed by atoms with E-state index < -0.39 is 0 Å². The predicted octanol–water partition coefficient (Wildman–Crippen LogP) is 3.23. The zero-order valence-corrected chi connectivity index (χ0v) is 17.3. The predicted molar refractivity (Wildman–Crippen MR) is 107 cm³/mol. The van der Waals surface area contributed by atoms with Crippen LogP contribution in [0.25, 0.3) is 0 Å². The van der Waals surface area contributed by atoms with Crippen LogP contribution in [0.2, 0.25) is 0 Å². The number of hydroxylamine groups is 1. The maximum atomic E-state index is 13.4. The molecule has 2 fully saturated rings. The van der Waals surface area contributed by atoms with Gasteiger partial charge in [0, 0.05) is 49.4 Å². The molecule has 1 aromatic heterocycles. The summed E-state index contributed by atoms with van der Waals surface area (Å²) in [6, 6.07) is 1.90. The topological polar surface area (TPSA) is 82.5 Å². The number of fused-ring (bicyclic) bond motifs is 3. The summed E-state index contributed by atoms with van der Waals surface area (Å²) in [6.07, 6.45) is 9.24. The third-order valence-corrected chi connectivity index (χ3v) is 6.62. The lowest BCUT2D eigenvalue weighted by Gasteiger charge is -2.48. The molecule has 0 radical (unpaired) electrons.